The zero-order valence-corrected chi connectivity index (χ0v) is 38.0. The first kappa shape index (κ1) is 45.1. The largest absolute Gasteiger partial charge is 0.469 e. The number of hydrogen-bond donors (Lipinski definition) is 1. The van der Waals surface area contributed by atoms with E-state index in [-0.39, 0.29) is 102 Å². The number of carbonyl (C=O) groups is 6. The maximum Gasteiger partial charge on any atom is 0.309 e. The molecule has 2 bridgehead atoms. The summed E-state index contributed by atoms with van der Waals surface area (Å²) in [5.74, 6) is -1.77. The van der Waals surface area contributed by atoms with Crippen LogP contribution >= 0.6 is 0 Å². The molecule has 14 nitrogen and oxygen atoms in total. The van der Waals surface area contributed by atoms with Gasteiger partial charge in [0.25, 0.3) is 0 Å². The van der Waals surface area contributed by atoms with E-state index in [1.165, 1.54) is 7.11 Å². The van der Waals surface area contributed by atoms with Gasteiger partial charge in [0.1, 0.15) is 39.8 Å². The summed E-state index contributed by atoms with van der Waals surface area (Å²) in [6.07, 6.45) is 10.4. The smallest absolute Gasteiger partial charge is 0.309 e. The Bertz CT molecular complexity index is 2300. The minimum absolute atomic E-state index is 0. The fraction of sp³-hybridized carbons (Fsp3) is 0.843. The van der Waals surface area contributed by atoms with Gasteiger partial charge in [-0.05, 0) is 88.9 Å². The van der Waals surface area contributed by atoms with Crippen LogP contribution in [0.5, 0.6) is 0 Å². The molecule has 13 rings (SSSR count). The maximum absolute atomic E-state index is 13.7. The molecule has 4 heterocycles. The number of hydrogen-bond acceptors (Lipinski definition) is 14. The molecule has 4 aliphatic heterocycles. The van der Waals surface area contributed by atoms with Gasteiger partial charge in [-0.25, -0.2) is 0 Å². The van der Waals surface area contributed by atoms with E-state index >= 15 is 0 Å². The van der Waals surface area contributed by atoms with Crippen molar-refractivity contribution in [2.75, 3.05) is 14.2 Å². The normalized spacial score (nSPS) is 55.8. The van der Waals surface area contributed by atoms with Crippen molar-refractivity contribution in [2.24, 2.45) is 73.9 Å². The van der Waals surface area contributed by atoms with Crippen molar-refractivity contribution in [2.45, 2.75) is 179 Å². The summed E-state index contributed by atoms with van der Waals surface area (Å²) < 4.78 is 30.6. The first-order valence-electron chi connectivity index (χ1n) is 24.0. The molecule has 9 saturated carbocycles. The highest BCUT2D eigenvalue weighted by molar-refractivity contribution is 6.08. The number of rotatable bonds is 1. The number of esters is 3. The first-order chi connectivity index (χ1) is 30.3. The average molecular weight is 899 g/mol. The summed E-state index contributed by atoms with van der Waals surface area (Å²) in [4.78, 5) is 76.6. The second-order valence-electron chi connectivity index (χ2n) is 23.4. The molecule has 4 saturated heterocycles. The third-order valence-electron chi connectivity index (χ3n) is 22.5. The molecule has 0 amide bonds. The van der Waals surface area contributed by atoms with Crippen LogP contribution in [-0.2, 0) is 52.5 Å². The molecule has 65 heavy (non-hydrogen) atoms. The van der Waals surface area contributed by atoms with Gasteiger partial charge in [-0.2, -0.15) is 10.5 Å². The predicted octanol–water partition coefficient (Wildman–Crippen LogP) is 6.08. The summed E-state index contributed by atoms with van der Waals surface area (Å²) in [5, 5.41) is 27.8. The van der Waals surface area contributed by atoms with Crippen LogP contribution in [0.3, 0.4) is 0 Å². The molecular weight excluding hydrogens is 833 g/mol. The molecule has 0 radical (unpaired) electrons. The minimum Gasteiger partial charge on any atom is -0.469 e. The Balaban J connectivity index is 0.000000146. The van der Waals surface area contributed by atoms with Gasteiger partial charge in [-0.3, -0.25) is 28.8 Å². The Kier molecular flexibility index (Phi) is 9.36. The van der Waals surface area contributed by atoms with Gasteiger partial charge in [0.05, 0.1) is 54.1 Å². The lowest BCUT2D eigenvalue weighted by Crippen LogP contribution is -2.68. The summed E-state index contributed by atoms with van der Waals surface area (Å²) in [7, 11) is 2.40. The van der Waals surface area contributed by atoms with Crippen LogP contribution in [0.1, 0.15) is 144 Å². The molecule has 13 fully saturated rings. The number of nitriles is 2. The lowest BCUT2D eigenvalue weighted by molar-refractivity contribution is -0.193. The van der Waals surface area contributed by atoms with Crippen molar-refractivity contribution in [1.29, 1.82) is 10.5 Å². The summed E-state index contributed by atoms with van der Waals surface area (Å²) in [5.41, 5.74) is -5.29. The van der Waals surface area contributed by atoms with Crippen LogP contribution in [0.2, 0.25) is 0 Å². The number of epoxide rings is 2. The third-order valence-corrected chi connectivity index (χ3v) is 22.5. The minimum atomic E-state index is -0.920. The molecule has 8 unspecified atom stereocenters. The molecule has 0 aromatic rings. The molecule has 9 aliphatic carbocycles. The third kappa shape index (κ3) is 4.67. The molecule has 0 aromatic carbocycles. The van der Waals surface area contributed by atoms with Crippen molar-refractivity contribution in [3.63, 3.8) is 0 Å². The Morgan fingerprint density at radius 1 is 0.692 bits per heavy atom. The van der Waals surface area contributed by atoms with E-state index in [2.05, 4.69) is 39.8 Å². The molecular formula is C51H66N2O12. The van der Waals surface area contributed by atoms with Crippen LogP contribution in [0.15, 0.2) is 0 Å². The van der Waals surface area contributed by atoms with Crippen LogP contribution in [-0.4, -0.2) is 89.2 Å². The summed E-state index contributed by atoms with van der Waals surface area (Å²) in [6.45, 7) is 8.74. The fourth-order valence-corrected chi connectivity index (χ4v) is 19.5. The van der Waals surface area contributed by atoms with E-state index in [0.29, 0.717) is 51.4 Å². The van der Waals surface area contributed by atoms with Crippen LogP contribution in [0.4, 0.5) is 0 Å². The zero-order chi connectivity index (χ0) is 45.6. The Morgan fingerprint density at radius 3 is 1.74 bits per heavy atom. The Hall–Kier alpha value is -3.72. The van der Waals surface area contributed by atoms with Gasteiger partial charge in [-0.1, -0.05) is 35.1 Å². The van der Waals surface area contributed by atoms with Crippen molar-refractivity contribution in [3.05, 3.63) is 0 Å². The highest BCUT2D eigenvalue weighted by atomic mass is 16.6. The maximum atomic E-state index is 13.7. The number of ketones is 3. The van der Waals surface area contributed by atoms with Crippen molar-refractivity contribution >= 4 is 35.3 Å². The predicted molar refractivity (Wildman–Crippen MR) is 226 cm³/mol. The van der Waals surface area contributed by atoms with Crippen molar-refractivity contribution in [3.8, 4) is 12.1 Å². The molecule has 14 heteroatoms. The monoisotopic (exact) mass is 898 g/mol. The zero-order valence-electron chi connectivity index (χ0n) is 38.0. The Labute approximate surface area is 381 Å². The number of ether oxygens (including phenoxy) is 5. The van der Waals surface area contributed by atoms with Gasteiger partial charge in [0, 0.05) is 78.6 Å². The van der Waals surface area contributed by atoms with Gasteiger partial charge in [0.2, 0.25) is 0 Å². The molecule has 1 N–H and O–H groups in total. The van der Waals surface area contributed by atoms with Crippen LogP contribution in [0.25, 0.3) is 0 Å². The quantitative estimate of drug-likeness (QED) is 0.136. The number of Topliss-reactive ketones (excluding diaryl/α,β-unsaturated/α-hetero) is 3. The number of nitrogens with zero attached hydrogens (tertiary/aromatic N) is 2. The van der Waals surface area contributed by atoms with E-state index in [9.17, 15) is 39.3 Å². The molecule has 0 aromatic heterocycles. The van der Waals surface area contributed by atoms with Crippen LogP contribution < -0.4 is 0 Å². The molecule has 19 atom stereocenters. The Morgan fingerprint density at radius 2 is 1.23 bits per heavy atom. The first-order valence-corrected chi connectivity index (χ1v) is 24.0. The second-order valence-corrected chi connectivity index (χ2v) is 23.4. The number of aliphatic hydroxyl groups is 1. The van der Waals surface area contributed by atoms with E-state index in [1.54, 1.807) is 0 Å². The van der Waals surface area contributed by atoms with E-state index in [1.807, 2.05) is 0 Å². The van der Waals surface area contributed by atoms with Gasteiger partial charge >= 0.3 is 17.9 Å². The van der Waals surface area contributed by atoms with E-state index < -0.39 is 55.9 Å². The average Bonchev–Trinajstić information content (AvgIpc) is 3.89. The molecule has 4 spiro atoms. The van der Waals surface area contributed by atoms with E-state index in [0.717, 1.165) is 58.5 Å². The number of fused-ring (bicyclic) bond motifs is 9. The van der Waals surface area contributed by atoms with Gasteiger partial charge < -0.3 is 28.8 Å². The number of carbonyl (C=O) groups excluding carboxylic acids is 6. The molecule has 13 aliphatic rings. The lowest BCUT2D eigenvalue weighted by atomic mass is 9.37. The van der Waals surface area contributed by atoms with Gasteiger partial charge in [-0.15, -0.1) is 0 Å². The fourth-order valence-electron chi connectivity index (χ4n) is 19.5. The topological polar surface area (TPSA) is 223 Å². The lowest BCUT2D eigenvalue weighted by Gasteiger charge is -2.63. The summed E-state index contributed by atoms with van der Waals surface area (Å²) >= 11 is 0. The van der Waals surface area contributed by atoms with Crippen molar-refractivity contribution < 1.29 is 57.6 Å². The summed E-state index contributed by atoms with van der Waals surface area (Å²) in [6, 6.07) is 5.06. The van der Waals surface area contributed by atoms with Crippen LogP contribution in [0, 0.1) is 96.6 Å². The highest BCUT2D eigenvalue weighted by Crippen LogP contribution is 2.84. The van der Waals surface area contributed by atoms with E-state index in [4.69, 9.17) is 28.8 Å². The molecule has 352 valence electrons. The second kappa shape index (κ2) is 13.5. The SMILES string of the molecule is C.CO.COC(=O)[C@@H]1C[C@]2(C#N)CC(=O)CC[C@]2(C)C23O[C@@H]2C[C@@]2(C)C(CC[C@@]24CCC(=O)O4)C13.C[C@]12C[C@H]3OC34C(C3C[C@]5(C#N)C(C(=O)CC[C@]45C)C3=O)C1CC[C@@]21CCC(=O)O1. The number of methoxy groups -OCH3 is 1. The van der Waals surface area contributed by atoms with Crippen molar-refractivity contribution in [1.82, 2.24) is 0 Å². The van der Waals surface area contributed by atoms with Gasteiger partial charge in [0.15, 0.2) is 0 Å². The highest BCUT2D eigenvalue weighted by Gasteiger charge is 2.91. The number of aliphatic hydroxyl groups excluding tert-OH is 1. The standard InChI is InChI=1S/C25H31NO6.C24H27NO5.CH4O.CH4/c1-21-12-17-25(31-17)19(16(21)5-8-24(21)9-6-18(28)32-24)15(20(29)30-3)11-23(13-26)10-14(27)4-7-22(23,25)2;1-20-10-15-24(29-15)17(13(20)3-7-23(20)8-5-16(27)30-23)12-9-22(11-25)18(19(12)28)14(26)4-6-21(22,24)2;1-2;/h15-17,19H,4-12H2,1-3H3;12-13,15,17-18H,3-10H2,1-2H3;2H,1H3;1H4/t15-,16?,17-,19?,21+,22+,23+,24-,25?;12?,13?,15-,17?,18?,20+,21+,22+,23-,24?;;/m11../s1.